The van der Waals surface area contributed by atoms with Crippen LogP contribution in [-0.4, -0.2) is 23.2 Å². The Hall–Kier alpha value is -1.25. The molecule has 1 aromatic carbocycles. The molecule has 0 amide bonds. The molecular formula is C11H13BrN4O2S. The van der Waals surface area contributed by atoms with Crippen LogP contribution in [0.25, 0.3) is 11.4 Å². The number of rotatable bonds is 3. The van der Waals surface area contributed by atoms with Crippen molar-refractivity contribution in [1.29, 1.82) is 0 Å². The predicted octanol–water partition coefficient (Wildman–Crippen LogP) is 1.94. The number of aromatic nitrogens is 3. The summed E-state index contributed by atoms with van der Waals surface area (Å²) < 4.78 is 25.4. The van der Waals surface area contributed by atoms with Gasteiger partial charge in [0, 0.05) is 16.1 Å². The van der Waals surface area contributed by atoms with E-state index < -0.39 is 10.0 Å². The van der Waals surface area contributed by atoms with Crippen molar-refractivity contribution in [3.63, 3.8) is 0 Å². The van der Waals surface area contributed by atoms with Crippen molar-refractivity contribution in [3.05, 3.63) is 28.7 Å². The maximum atomic E-state index is 11.5. The third-order valence-electron chi connectivity index (χ3n) is 2.52. The molecule has 0 saturated heterocycles. The van der Waals surface area contributed by atoms with E-state index in [1.807, 2.05) is 38.1 Å². The van der Waals surface area contributed by atoms with E-state index in [2.05, 4.69) is 26.1 Å². The quantitative estimate of drug-likeness (QED) is 0.920. The second kappa shape index (κ2) is 5.03. The first-order chi connectivity index (χ1) is 8.80. The topological polar surface area (TPSA) is 90.9 Å². The van der Waals surface area contributed by atoms with E-state index in [9.17, 15) is 8.42 Å². The van der Waals surface area contributed by atoms with E-state index in [1.54, 1.807) is 0 Å². The lowest BCUT2D eigenvalue weighted by Gasteiger charge is -2.12. The van der Waals surface area contributed by atoms with Gasteiger partial charge in [-0.3, -0.25) is 4.57 Å². The number of hydrogen-bond acceptors (Lipinski definition) is 4. The van der Waals surface area contributed by atoms with Crippen molar-refractivity contribution >= 4 is 26.0 Å². The zero-order valence-corrected chi connectivity index (χ0v) is 12.8. The number of benzene rings is 1. The van der Waals surface area contributed by atoms with E-state index in [4.69, 9.17) is 5.14 Å². The standard InChI is InChI=1S/C11H13BrN4O2S/c1-7(2)16-10(8-4-3-5-9(12)6-8)14-15-11(16)19(13,17)18/h3-7H,1-2H3,(H2,13,17,18). The minimum atomic E-state index is -3.90. The lowest BCUT2D eigenvalue weighted by molar-refractivity contribution is 0.524. The van der Waals surface area contributed by atoms with Gasteiger partial charge in [-0.15, -0.1) is 10.2 Å². The molecule has 1 heterocycles. The molecule has 6 nitrogen and oxygen atoms in total. The van der Waals surface area contributed by atoms with Crippen LogP contribution < -0.4 is 5.14 Å². The molecule has 0 aliphatic rings. The molecule has 0 atom stereocenters. The van der Waals surface area contributed by atoms with E-state index >= 15 is 0 Å². The predicted molar refractivity (Wildman–Crippen MR) is 74.9 cm³/mol. The molecular weight excluding hydrogens is 332 g/mol. The first-order valence-corrected chi connectivity index (χ1v) is 7.88. The number of halogens is 1. The molecule has 0 fully saturated rings. The lowest BCUT2D eigenvalue weighted by Crippen LogP contribution is -2.20. The maximum Gasteiger partial charge on any atom is 0.273 e. The summed E-state index contributed by atoms with van der Waals surface area (Å²) in [5, 5.41) is 12.6. The van der Waals surface area contributed by atoms with Gasteiger partial charge in [0.15, 0.2) is 5.82 Å². The molecule has 8 heteroatoms. The maximum absolute atomic E-state index is 11.5. The molecule has 102 valence electrons. The van der Waals surface area contributed by atoms with Gasteiger partial charge in [0.1, 0.15) is 0 Å². The summed E-state index contributed by atoms with van der Waals surface area (Å²) in [4.78, 5) is 0. The van der Waals surface area contributed by atoms with E-state index in [-0.39, 0.29) is 11.2 Å². The zero-order chi connectivity index (χ0) is 14.2. The Labute approximate surface area is 119 Å². The van der Waals surface area contributed by atoms with Crippen LogP contribution in [0.1, 0.15) is 19.9 Å². The highest BCUT2D eigenvalue weighted by molar-refractivity contribution is 9.10. The SMILES string of the molecule is CC(C)n1c(-c2cccc(Br)c2)nnc1S(N)(=O)=O. The smallest absolute Gasteiger partial charge is 0.273 e. The monoisotopic (exact) mass is 344 g/mol. The normalized spacial score (nSPS) is 12.1. The molecule has 2 aromatic rings. The molecule has 0 spiro atoms. The molecule has 0 unspecified atom stereocenters. The van der Waals surface area contributed by atoms with Crippen molar-refractivity contribution in [2.24, 2.45) is 5.14 Å². The van der Waals surface area contributed by atoms with Crippen molar-refractivity contribution in [3.8, 4) is 11.4 Å². The first-order valence-electron chi connectivity index (χ1n) is 5.54. The van der Waals surface area contributed by atoms with Crippen LogP contribution in [-0.2, 0) is 10.0 Å². The summed E-state index contributed by atoms with van der Waals surface area (Å²) in [7, 11) is -3.90. The molecule has 0 saturated carbocycles. The Morgan fingerprint density at radius 2 is 2.00 bits per heavy atom. The van der Waals surface area contributed by atoms with E-state index in [1.165, 1.54) is 4.57 Å². The highest BCUT2D eigenvalue weighted by Gasteiger charge is 2.23. The van der Waals surface area contributed by atoms with Crippen LogP contribution in [0.3, 0.4) is 0 Å². The van der Waals surface area contributed by atoms with Crippen molar-refractivity contribution in [2.45, 2.75) is 25.0 Å². The van der Waals surface area contributed by atoms with Crippen LogP contribution in [0.5, 0.6) is 0 Å². The highest BCUT2D eigenvalue weighted by Crippen LogP contribution is 2.26. The average molecular weight is 345 g/mol. The van der Waals surface area contributed by atoms with Gasteiger partial charge in [-0.25, -0.2) is 13.6 Å². The third kappa shape index (κ3) is 2.85. The van der Waals surface area contributed by atoms with Crippen LogP contribution >= 0.6 is 15.9 Å². The second-order valence-electron chi connectivity index (χ2n) is 4.33. The number of nitrogens with zero attached hydrogens (tertiary/aromatic N) is 3. The number of hydrogen-bond donors (Lipinski definition) is 1. The van der Waals surface area contributed by atoms with Gasteiger partial charge in [-0.2, -0.15) is 0 Å². The van der Waals surface area contributed by atoms with Crippen molar-refractivity contribution in [2.75, 3.05) is 0 Å². The van der Waals surface area contributed by atoms with Gasteiger partial charge in [-0.1, -0.05) is 28.1 Å². The van der Waals surface area contributed by atoms with Crippen molar-refractivity contribution < 1.29 is 8.42 Å². The molecule has 1 aromatic heterocycles. The minimum Gasteiger partial charge on any atom is -0.294 e. The summed E-state index contributed by atoms with van der Waals surface area (Å²) in [5.74, 6) is 0.473. The summed E-state index contributed by atoms with van der Waals surface area (Å²) >= 11 is 3.37. The summed E-state index contributed by atoms with van der Waals surface area (Å²) in [6.07, 6.45) is 0. The Bertz CT molecular complexity index is 709. The first kappa shape index (κ1) is 14.2. The molecule has 0 aliphatic carbocycles. The Kier molecular flexibility index (Phi) is 3.75. The Morgan fingerprint density at radius 1 is 1.32 bits per heavy atom. The van der Waals surface area contributed by atoms with Gasteiger partial charge >= 0.3 is 0 Å². The van der Waals surface area contributed by atoms with Gasteiger partial charge in [-0.05, 0) is 26.0 Å². The molecule has 0 aliphatic heterocycles. The average Bonchev–Trinajstić information content (AvgIpc) is 2.72. The van der Waals surface area contributed by atoms with E-state index in [0.29, 0.717) is 5.82 Å². The summed E-state index contributed by atoms with van der Waals surface area (Å²) in [5.41, 5.74) is 0.769. The molecule has 2 N–H and O–H groups in total. The second-order valence-corrected chi connectivity index (χ2v) is 6.70. The van der Waals surface area contributed by atoms with E-state index in [0.717, 1.165) is 10.0 Å². The largest absolute Gasteiger partial charge is 0.294 e. The highest BCUT2D eigenvalue weighted by atomic mass is 79.9. The van der Waals surface area contributed by atoms with Gasteiger partial charge in [0.2, 0.25) is 0 Å². The minimum absolute atomic E-state index is 0.127. The van der Waals surface area contributed by atoms with Crippen LogP contribution in [0.15, 0.2) is 33.9 Å². The number of primary sulfonamides is 1. The molecule has 2 rings (SSSR count). The zero-order valence-electron chi connectivity index (χ0n) is 10.4. The van der Waals surface area contributed by atoms with Gasteiger partial charge < -0.3 is 0 Å². The summed E-state index contributed by atoms with van der Waals surface area (Å²) in [6, 6.07) is 7.27. The fourth-order valence-corrected chi connectivity index (χ4v) is 2.89. The lowest BCUT2D eigenvalue weighted by atomic mass is 10.2. The third-order valence-corrected chi connectivity index (χ3v) is 3.80. The fourth-order valence-electron chi connectivity index (χ4n) is 1.76. The van der Waals surface area contributed by atoms with Crippen LogP contribution in [0.2, 0.25) is 0 Å². The fraction of sp³-hybridized carbons (Fsp3) is 0.273. The summed E-state index contributed by atoms with van der Waals surface area (Å²) in [6.45, 7) is 3.69. The van der Waals surface area contributed by atoms with Gasteiger partial charge in [0.05, 0.1) is 0 Å². The Balaban J connectivity index is 2.69. The molecule has 19 heavy (non-hydrogen) atoms. The Morgan fingerprint density at radius 3 is 2.53 bits per heavy atom. The van der Waals surface area contributed by atoms with Gasteiger partial charge in [0.25, 0.3) is 15.2 Å². The number of nitrogens with two attached hydrogens (primary N) is 1. The molecule has 0 radical (unpaired) electrons. The van der Waals surface area contributed by atoms with Crippen LogP contribution in [0, 0.1) is 0 Å². The molecule has 0 bridgehead atoms. The number of sulfonamides is 1. The van der Waals surface area contributed by atoms with Crippen molar-refractivity contribution in [1.82, 2.24) is 14.8 Å². The van der Waals surface area contributed by atoms with Crippen LogP contribution in [0.4, 0.5) is 0 Å².